The fraction of sp³-hybridized carbons (Fsp3) is 0. The van der Waals surface area contributed by atoms with Crippen LogP contribution in [0.5, 0.6) is 0 Å². The van der Waals surface area contributed by atoms with Gasteiger partial charge in [-0.25, -0.2) is 0 Å². The maximum atomic E-state index is 11.5. The molecule has 238 valence electrons. The molecule has 6 nitrogen and oxygen atoms in total. The van der Waals surface area contributed by atoms with Gasteiger partial charge in [0.05, 0.1) is 31.8 Å². The van der Waals surface area contributed by atoms with E-state index >= 15 is 0 Å². The number of benzene rings is 6. The van der Waals surface area contributed by atoms with Gasteiger partial charge in [0.1, 0.15) is 0 Å². The quantitative estimate of drug-likeness (QED) is 0.0970. The SMILES string of the molecule is O=S(=O)(O)O.[Ni].[OH+]=P(c1ccccc1)(c1ccccc1)c1ccccc1.[OH+]=P(c1ccccc1)(c1ccccc1)c1ccccc1. The van der Waals surface area contributed by atoms with Crippen LogP contribution in [-0.4, -0.2) is 26.7 Å². The minimum Gasteiger partial charge on any atom is -0.307 e. The summed E-state index contributed by atoms with van der Waals surface area (Å²) in [6, 6.07) is 59.7. The first-order valence-electron chi connectivity index (χ1n) is 13.9. The Balaban J connectivity index is 0.000000215. The van der Waals surface area contributed by atoms with E-state index in [-0.39, 0.29) is 16.5 Å². The van der Waals surface area contributed by atoms with Gasteiger partial charge in [0.25, 0.3) is 0 Å². The molecule has 4 N–H and O–H groups in total. The molecule has 0 radical (unpaired) electrons. The number of hydrogen-bond donors (Lipinski definition) is 2. The minimum absolute atomic E-state index is 0. The van der Waals surface area contributed by atoms with Crippen molar-refractivity contribution in [3.63, 3.8) is 0 Å². The summed E-state index contributed by atoms with van der Waals surface area (Å²) >= 11 is 0. The Bertz CT molecular complexity index is 1620. The van der Waals surface area contributed by atoms with E-state index in [2.05, 4.69) is 0 Å². The van der Waals surface area contributed by atoms with Crippen molar-refractivity contribution in [2.24, 2.45) is 0 Å². The van der Waals surface area contributed by atoms with Crippen LogP contribution in [0.4, 0.5) is 0 Å². The van der Waals surface area contributed by atoms with Crippen molar-refractivity contribution in [3.8, 4) is 0 Å². The van der Waals surface area contributed by atoms with Crippen molar-refractivity contribution in [2.45, 2.75) is 0 Å². The van der Waals surface area contributed by atoms with Crippen molar-refractivity contribution >= 4 is 56.5 Å². The summed E-state index contributed by atoms with van der Waals surface area (Å²) < 4.78 is 54.7. The molecule has 0 spiro atoms. The maximum Gasteiger partial charge on any atom is 0.394 e. The zero-order chi connectivity index (χ0) is 32.2. The summed E-state index contributed by atoms with van der Waals surface area (Å²) in [5.74, 6) is 0. The second-order valence-corrected chi connectivity index (χ2v) is 16.3. The maximum absolute atomic E-state index is 11.5. The van der Waals surface area contributed by atoms with Gasteiger partial charge in [-0.1, -0.05) is 109 Å². The molecule has 46 heavy (non-hydrogen) atoms. The molecular weight excluding hydrogens is 681 g/mol. The second kappa shape index (κ2) is 17.2. The molecule has 0 aliphatic rings. The van der Waals surface area contributed by atoms with Crippen LogP contribution in [0.1, 0.15) is 0 Å². The molecule has 0 heterocycles. The molecule has 0 atom stereocenters. The molecular formula is C36H34NiO6P2S+2. The van der Waals surface area contributed by atoms with Crippen LogP contribution in [0.2, 0.25) is 0 Å². The first-order chi connectivity index (χ1) is 21.6. The smallest absolute Gasteiger partial charge is 0.307 e. The van der Waals surface area contributed by atoms with Crippen molar-refractivity contribution in [3.05, 3.63) is 182 Å². The Morgan fingerprint density at radius 1 is 0.348 bits per heavy atom. The molecule has 6 aromatic carbocycles. The van der Waals surface area contributed by atoms with E-state index in [0.29, 0.717) is 0 Å². The first-order valence-corrected chi connectivity index (χ1v) is 18.8. The molecule has 0 saturated heterocycles. The Kier molecular flexibility index (Phi) is 13.7. The van der Waals surface area contributed by atoms with E-state index in [4.69, 9.17) is 17.5 Å². The predicted molar refractivity (Wildman–Crippen MR) is 188 cm³/mol. The van der Waals surface area contributed by atoms with Gasteiger partial charge in [-0.05, 0) is 72.8 Å². The molecule has 0 aromatic heterocycles. The van der Waals surface area contributed by atoms with Crippen molar-refractivity contribution in [1.82, 2.24) is 0 Å². The Hall–Kier alpha value is -3.86. The van der Waals surface area contributed by atoms with Crippen LogP contribution in [0.15, 0.2) is 182 Å². The predicted octanol–water partition coefficient (Wildman–Crippen LogP) is 5.88. The molecule has 6 rings (SSSR count). The average molecular weight is 715 g/mol. The van der Waals surface area contributed by atoms with Gasteiger partial charge >= 0.3 is 24.7 Å². The zero-order valence-corrected chi connectivity index (χ0v) is 28.1. The molecule has 0 unspecified atom stereocenters. The Labute approximate surface area is 280 Å². The fourth-order valence-corrected chi connectivity index (χ4v) is 10.2. The minimum atomic E-state index is -4.67. The third-order valence-electron chi connectivity index (χ3n) is 6.78. The van der Waals surface area contributed by atoms with Gasteiger partial charge in [0, 0.05) is 16.5 Å². The zero-order valence-electron chi connectivity index (χ0n) is 24.5. The van der Waals surface area contributed by atoms with E-state index in [9.17, 15) is 9.13 Å². The van der Waals surface area contributed by atoms with Gasteiger partial charge < -0.3 is 9.13 Å². The van der Waals surface area contributed by atoms with Crippen LogP contribution in [0.3, 0.4) is 0 Å². The number of hydrogen-bond acceptors (Lipinski definition) is 2. The van der Waals surface area contributed by atoms with E-state index in [0.717, 1.165) is 31.8 Å². The van der Waals surface area contributed by atoms with Crippen molar-refractivity contribution in [1.29, 1.82) is 0 Å². The Morgan fingerprint density at radius 3 is 0.565 bits per heavy atom. The van der Waals surface area contributed by atoms with Crippen LogP contribution in [-0.2, 0) is 26.9 Å². The summed E-state index contributed by atoms with van der Waals surface area (Å²) in [5, 5.41) is 5.90. The molecule has 0 amide bonds. The van der Waals surface area contributed by atoms with E-state index in [1.807, 2.05) is 182 Å². The molecule has 0 bridgehead atoms. The third-order valence-corrected chi connectivity index (χ3v) is 13.1. The van der Waals surface area contributed by atoms with Crippen molar-refractivity contribution in [2.75, 3.05) is 0 Å². The Morgan fingerprint density at radius 2 is 0.457 bits per heavy atom. The van der Waals surface area contributed by atoms with E-state index in [1.54, 1.807) is 0 Å². The standard InChI is InChI=1S/2C18H15OP.Ni.H2O4S/c2*19-20(16-10-4-1-5-11-16,17-12-6-2-7-13-17)18-14-8-3-9-15-18;;1-5(2,3)4/h2*1-15H;;(H2,1,2,3,4)/p+2. The largest absolute Gasteiger partial charge is 0.394 e. The average Bonchev–Trinajstić information content (AvgIpc) is 3.09. The molecule has 6 aromatic rings. The van der Waals surface area contributed by atoms with Gasteiger partial charge in [0.15, 0.2) is 0 Å². The monoisotopic (exact) mass is 714 g/mol. The molecule has 0 aliphatic carbocycles. The second-order valence-electron chi connectivity index (χ2n) is 9.73. The fourth-order valence-electron chi connectivity index (χ4n) is 4.76. The van der Waals surface area contributed by atoms with Crippen LogP contribution in [0.25, 0.3) is 0 Å². The molecule has 0 fully saturated rings. The summed E-state index contributed by atoms with van der Waals surface area (Å²) in [7, 11) is -9.72. The van der Waals surface area contributed by atoms with Gasteiger partial charge in [-0.15, -0.1) is 0 Å². The van der Waals surface area contributed by atoms with Gasteiger partial charge in [0.2, 0.25) is 0 Å². The summed E-state index contributed by atoms with van der Waals surface area (Å²) in [5.41, 5.74) is 0. The van der Waals surface area contributed by atoms with E-state index < -0.39 is 24.7 Å². The molecule has 0 aliphatic heterocycles. The third kappa shape index (κ3) is 9.58. The molecule has 10 heteroatoms. The summed E-state index contributed by atoms with van der Waals surface area (Å²) in [6.45, 7) is 0. The first kappa shape index (κ1) is 36.6. The molecule has 0 saturated carbocycles. The van der Waals surface area contributed by atoms with Crippen LogP contribution in [0, 0.1) is 0 Å². The van der Waals surface area contributed by atoms with Crippen LogP contribution < -0.4 is 31.8 Å². The van der Waals surface area contributed by atoms with Crippen molar-refractivity contribution < 1.29 is 43.1 Å². The van der Waals surface area contributed by atoms with E-state index in [1.165, 1.54) is 0 Å². The topological polar surface area (TPSA) is 117 Å². The van der Waals surface area contributed by atoms with Gasteiger partial charge in [-0.3, -0.25) is 9.11 Å². The van der Waals surface area contributed by atoms with Crippen LogP contribution >= 0.6 is 14.3 Å². The summed E-state index contributed by atoms with van der Waals surface area (Å²) in [4.78, 5) is 0. The number of rotatable bonds is 6. The van der Waals surface area contributed by atoms with Gasteiger partial charge in [-0.2, -0.15) is 8.42 Å². The normalized spacial score (nSPS) is 11.0. The summed E-state index contributed by atoms with van der Waals surface area (Å²) in [6.07, 6.45) is 0.